The maximum Gasteiger partial charge on any atom is 0.164 e. The van der Waals surface area contributed by atoms with Gasteiger partial charge >= 0.3 is 0 Å². The molecule has 3 heterocycles. The highest BCUT2D eigenvalue weighted by molar-refractivity contribution is 9.10. The summed E-state index contributed by atoms with van der Waals surface area (Å²) in [4.78, 5) is 11.3. The minimum absolute atomic E-state index is 0.693. The van der Waals surface area contributed by atoms with E-state index in [1.165, 1.54) is 25.0 Å². The number of aryl methyl sites for hydroxylation is 1. The molecule has 2 aromatic rings. The smallest absolute Gasteiger partial charge is 0.164 e. The number of nitrogens with zero attached hydrogens (tertiary/aromatic N) is 5. The molecule has 1 aliphatic rings. The number of thioether (sulfide) groups is 1. The molecule has 21 heavy (non-hydrogen) atoms. The maximum atomic E-state index is 4.56. The third kappa shape index (κ3) is 3.04. The Balaban J connectivity index is 1.98. The summed E-state index contributed by atoms with van der Waals surface area (Å²) in [5.41, 5.74) is 0.885. The number of halogens is 1. The molecular formula is C14H20BrN5S. The lowest BCUT2D eigenvalue weighted by Crippen LogP contribution is -2.30. The minimum Gasteiger partial charge on any atom is -0.355 e. The first-order chi connectivity index (χ1) is 10.2. The van der Waals surface area contributed by atoms with Crippen LogP contribution < -0.4 is 4.90 Å². The Hall–Kier alpha value is -0.820. The Kier molecular flexibility index (Phi) is 4.69. The zero-order valence-electron chi connectivity index (χ0n) is 12.4. The zero-order chi connectivity index (χ0) is 14.8. The number of anilines is 1. The predicted octanol–water partition coefficient (Wildman–Crippen LogP) is 3.24. The Morgan fingerprint density at radius 3 is 3.05 bits per heavy atom. The van der Waals surface area contributed by atoms with Gasteiger partial charge in [-0.2, -0.15) is 16.9 Å². The first-order valence-corrected chi connectivity index (χ1v) is 9.24. The molecular weight excluding hydrogens is 350 g/mol. The molecule has 0 spiro atoms. The molecule has 5 nitrogen and oxygen atoms in total. The summed E-state index contributed by atoms with van der Waals surface area (Å²) in [6, 6.07) is 0. The van der Waals surface area contributed by atoms with E-state index in [1.807, 2.05) is 7.05 Å². The van der Waals surface area contributed by atoms with E-state index in [9.17, 15) is 0 Å². The molecule has 0 aliphatic carbocycles. The summed E-state index contributed by atoms with van der Waals surface area (Å²) in [5, 5.41) is 6.15. The highest BCUT2D eigenvalue weighted by Crippen LogP contribution is 2.32. The van der Waals surface area contributed by atoms with E-state index >= 15 is 0 Å². The topological polar surface area (TPSA) is 46.8 Å². The summed E-state index contributed by atoms with van der Waals surface area (Å²) in [7, 11) is 1.92. The van der Waals surface area contributed by atoms with Gasteiger partial charge in [-0.1, -0.05) is 13.3 Å². The number of hydrogen-bond acceptors (Lipinski definition) is 5. The van der Waals surface area contributed by atoms with Gasteiger partial charge < -0.3 is 4.90 Å². The van der Waals surface area contributed by atoms with Crippen LogP contribution in [0.5, 0.6) is 0 Å². The van der Waals surface area contributed by atoms with Gasteiger partial charge in [0.2, 0.25) is 0 Å². The van der Waals surface area contributed by atoms with Crippen LogP contribution in [-0.4, -0.2) is 43.8 Å². The Labute approximate surface area is 137 Å². The Morgan fingerprint density at radius 1 is 1.38 bits per heavy atom. The van der Waals surface area contributed by atoms with Crippen molar-refractivity contribution in [2.24, 2.45) is 7.05 Å². The molecule has 0 radical (unpaired) electrons. The van der Waals surface area contributed by atoms with Gasteiger partial charge in [0.25, 0.3) is 0 Å². The van der Waals surface area contributed by atoms with Crippen LogP contribution in [0.2, 0.25) is 0 Å². The van der Waals surface area contributed by atoms with Gasteiger partial charge in [0, 0.05) is 25.4 Å². The molecule has 7 heteroatoms. The van der Waals surface area contributed by atoms with Crippen molar-refractivity contribution in [3.05, 3.63) is 10.9 Å². The second-order valence-corrected chi connectivity index (χ2v) is 7.66. The molecule has 0 amide bonds. The minimum atomic E-state index is 0.693. The quantitative estimate of drug-likeness (QED) is 0.830. The lowest BCUT2D eigenvalue weighted by Gasteiger charge is -2.25. The van der Waals surface area contributed by atoms with Crippen LogP contribution in [-0.2, 0) is 7.05 Å². The van der Waals surface area contributed by atoms with Crippen LogP contribution in [0.25, 0.3) is 11.0 Å². The fraction of sp³-hybridized carbons (Fsp3) is 0.643. The van der Waals surface area contributed by atoms with E-state index in [0.717, 1.165) is 34.5 Å². The van der Waals surface area contributed by atoms with E-state index in [1.54, 1.807) is 11.0 Å². The van der Waals surface area contributed by atoms with E-state index < -0.39 is 0 Å². The highest BCUT2D eigenvalue weighted by atomic mass is 79.9. The zero-order valence-corrected chi connectivity index (χ0v) is 14.8. The van der Waals surface area contributed by atoms with Crippen LogP contribution in [0.3, 0.4) is 0 Å². The van der Waals surface area contributed by atoms with Crippen molar-refractivity contribution >= 4 is 44.5 Å². The lowest BCUT2D eigenvalue weighted by molar-refractivity contribution is 0.735. The van der Waals surface area contributed by atoms with Crippen LogP contribution in [0.15, 0.2) is 10.9 Å². The van der Waals surface area contributed by atoms with Gasteiger partial charge in [0.15, 0.2) is 5.65 Å². The van der Waals surface area contributed by atoms with E-state index in [2.05, 4.69) is 54.6 Å². The highest BCUT2D eigenvalue weighted by Gasteiger charge is 2.23. The third-order valence-corrected chi connectivity index (χ3v) is 5.63. The summed E-state index contributed by atoms with van der Waals surface area (Å²) in [5.74, 6) is 2.19. The molecule has 1 fully saturated rings. The number of fused-ring (bicyclic) bond motifs is 1. The van der Waals surface area contributed by atoms with Gasteiger partial charge in [-0.25, -0.2) is 14.6 Å². The fourth-order valence-corrected chi connectivity index (χ4v) is 4.62. The van der Waals surface area contributed by atoms with E-state index in [-0.39, 0.29) is 0 Å². The molecule has 1 unspecified atom stereocenters. The molecule has 2 aromatic heterocycles. The Morgan fingerprint density at radius 2 is 2.24 bits per heavy atom. The van der Waals surface area contributed by atoms with E-state index in [0.29, 0.717) is 5.25 Å². The van der Waals surface area contributed by atoms with Gasteiger partial charge in [-0.3, -0.25) is 0 Å². The monoisotopic (exact) mass is 369 g/mol. The van der Waals surface area contributed by atoms with Crippen LogP contribution in [0, 0.1) is 0 Å². The van der Waals surface area contributed by atoms with Crippen molar-refractivity contribution in [2.75, 3.05) is 23.7 Å². The van der Waals surface area contributed by atoms with Crippen molar-refractivity contribution in [3.8, 4) is 0 Å². The van der Waals surface area contributed by atoms with Crippen LogP contribution in [0.1, 0.15) is 26.2 Å². The molecule has 0 bridgehead atoms. The number of aromatic nitrogens is 4. The second kappa shape index (κ2) is 6.52. The van der Waals surface area contributed by atoms with Crippen LogP contribution in [0.4, 0.5) is 5.82 Å². The fourth-order valence-electron chi connectivity index (χ4n) is 2.93. The summed E-state index contributed by atoms with van der Waals surface area (Å²) in [6.45, 7) is 4.36. The summed E-state index contributed by atoms with van der Waals surface area (Å²) in [6.07, 6.45) is 5.48. The summed E-state index contributed by atoms with van der Waals surface area (Å²) >= 11 is 5.62. The molecule has 3 rings (SSSR count). The van der Waals surface area contributed by atoms with Gasteiger partial charge in [-0.05, 0) is 34.5 Å². The average molecular weight is 370 g/mol. The normalized spacial score (nSPS) is 20.0. The summed E-state index contributed by atoms with van der Waals surface area (Å²) < 4.78 is 2.64. The standard InChI is InChI=1S/C14H20BrN5S/c1-3-21-10-6-4-5-7-20(8-10)14-11-12(15)18-19(2)13(11)16-9-17-14/h9-10H,3-8H2,1-2H3. The van der Waals surface area contributed by atoms with E-state index in [4.69, 9.17) is 0 Å². The van der Waals surface area contributed by atoms with Gasteiger partial charge in [0.1, 0.15) is 16.7 Å². The first kappa shape index (κ1) is 15.1. The first-order valence-electron chi connectivity index (χ1n) is 7.40. The predicted molar refractivity (Wildman–Crippen MR) is 92.0 cm³/mol. The number of hydrogen-bond donors (Lipinski definition) is 0. The maximum absolute atomic E-state index is 4.56. The van der Waals surface area contributed by atoms with Crippen molar-refractivity contribution in [3.63, 3.8) is 0 Å². The van der Waals surface area contributed by atoms with Crippen molar-refractivity contribution in [1.82, 2.24) is 19.7 Å². The molecule has 1 aliphatic heterocycles. The second-order valence-electron chi connectivity index (χ2n) is 5.33. The van der Waals surface area contributed by atoms with Gasteiger partial charge in [0.05, 0.1) is 5.39 Å². The molecule has 0 N–H and O–H groups in total. The molecule has 0 aromatic carbocycles. The number of rotatable bonds is 3. The Bertz CT molecular complexity index is 629. The lowest BCUT2D eigenvalue weighted by atomic mass is 10.2. The molecule has 1 atom stereocenters. The SMILES string of the molecule is CCSC1CCCCN(c2ncnc3c2c(Br)nn3C)C1. The van der Waals surface area contributed by atoms with Crippen molar-refractivity contribution in [1.29, 1.82) is 0 Å². The largest absolute Gasteiger partial charge is 0.355 e. The van der Waals surface area contributed by atoms with Crippen molar-refractivity contribution in [2.45, 2.75) is 31.4 Å². The van der Waals surface area contributed by atoms with Crippen LogP contribution >= 0.6 is 27.7 Å². The molecule has 114 valence electrons. The molecule has 0 saturated carbocycles. The molecule has 1 saturated heterocycles. The third-order valence-electron chi connectivity index (χ3n) is 3.89. The average Bonchev–Trinajstić information content (AvgIpc) is 2.66. The van der Waals surface area contributed by atoms with Gasteiger partial charge in [-0.15, -0.1) is 0 Å². The van der Waals surface area contributed by atoms with Crippen molar-refractivity contribution < 1.29 is 0 Å².